The second-order valence-electron chi connectivity index (χ2n) is 6.55. The van der Waals surface area contributed by atoms with E-state index in [-0.39, 0.29) is 17.7 Å². The molecule has 27 heavy (non-hydrogen) atoms. The highest BCUT2D eigenvalue weighted by Crippen LogP contribution is 2.31. The second-order valence-corrected chi connectivity index (χ2v) is 6.55. The van der Waals surface area contributed by atoms with E-state index in [0.29, 0.717) is 16.9 Å². The lowest BCUT2D eigenvalue weighted by Crippen LogP contribution is -2.15. The number of nitrogens with zero attached hydrogens (tertiary/aromatic N) is 4. The highest BCUT2D eigenvalue weighted by atomic mass is 16.2. The third-order valence-corrected chi connectivity index (χ3v) is 4.44. The van der Waals surface area contributed by atoms with Gasteiger partial charge in [0.1, 0.15) is 6.33 Å². The zero-order valence-electron chi connectivity index (χ0n) is 14.7. The molecule has 1 saturated carbocycles. The first-order chi connectivity index (χ1) is 13.1. The van der Waals surface area contributed by atoms with Gasteiger partial charge in [0.2, 0.25) is 5.91 Å². The van der Waals surface area contributed by atoms with E-state index in [1.165, 1.54) is 11.0 Å². The number of hydrogen-bond donors (Lipinski definition) is 2. The van der Waals surface area contributed by atoms with Gasteiger partial charge in [-0.1, -0.05) is 6.07 Å². The molecule has 1 heterocycles. The number of anilines is 2. The zero-order valence-corrected chi connectivity index (χ0v) is 14.7. The van der Waals surface area contributed by atoms with E-state index in [1.54, 1.807) is 30.3 Å². The number of benzene rings is 2. The Morgan fingerprint density at radius 1 is 1.07 bits per heavy atom. The maximum atomic E-state index is 12.6. The summed E-state index contributed by atoms with van der Waals surface area (Å²) < 4.78 is 1.51. The van der Waals surface area contributed by atoms with Crippen LogP contribution in [0, 0.1) is 12.8 Å². The van der Waals surface area contributed by atoms with Crippen molar-refractivity contribution in [1.29, 1.82) is 0 Å². The molecule has 8 nitrogen and oxygen atoms in total. The Hall–Kier alpha value is -3.55. The first-order valence-corrected chi connectivity index (χ1v) is 8.66. The van der Waals surface area contributed by atoms with E-state index in [9.17, 15) is 9.59 Å². The second kappa shape index (κ2) is 6.99. The molecule has 0 radical (unpaired) electrons. The molecular formula is C19H18N6O2. The van der Waals surface area contributed by atoms with Crippen LogP contribution in [-0.2, 0) is 4.79 Å². The monoisotopic (exact) mass is 362 g/mol. The number of rotatable bonds is 5. The van der Waals surface area contributed by atoms with Crippen LogP contribution < -0.4 is 10.6 Å². The van der Waals surface area contributed by atoms with E-state index < -0.39 is 0 Å². The van der Waals surface area contributed by atoms with Gasteiger partial charge < -0.3 is 10.6 Å². The Morgan fingerprint density at radius 3 is 2.52 bits per heavy atom. The van der Waals surface area contributed by atoms with E-state index in [4.69, 9.17) is 0 Å². The van der Waals surface area contributed by atoms with Crippen molar-refractivity contribution < 1.29 is 9.59 Å². The third-order valence-electron chi connectivity index (χ3n) is 4.44. The fraction of sp³-hybridized carbons (Fsp3) is 0.211. The minimum absolute atomic E-state index is 0.0364. The van der Waals surface area contributed by atoms with Crippen molar-refractivity contribution in [3.8, 4) is 5.69 Å². The van der Waals surface area contributed by atoms with E-state index in [2.05, 4.69) is 26.2 Å². The molecule has 0 saturated heterocycles. The number of aryl methyl sites for hydroxylation is 1. The van der Waals surface area contributed by atoms with Crippen LogP contribution in [0.25, 0.3) is 5.69 Å². The van der Waals surface area contributed by atoms with Gasteiger partial charge in [-0.2, -0.15) is 0 Å². The predicted octanol–water partition coefficient (Wildman–Crippen LogP) is 2.57. The molecule has 0 aliphatic heterocycles. The fourth-order valence-electron chi connectivity index (χ4n) is 2.66. The minimum atomic E-state index is -0.230. The Morgan fingerprint density at radius 2 is 1.85 bits per heavy atom. The van der Waals surface area contributed by atoms with Crippen molar-refractivity contribution in [2.45, 2.75) is 19.8 Å². The molecule has 136 valence electrons. The van der Waals surface area contributed by atoms with E-state index in [1.807, 2.05) is 19.1 Å². The van der Waals surface area contributed by atoms with E-state index >= 15 is 0 Å². The van der Waals surface area contributed by atoms with Crippen molar-refractivity contribution in [2.24, 2.45) is 5.92 Å². The molecule has 1 aromatic heterocycles. The number of amides is 2. The topological polar surface area (TPSA) is 102 Å². The fourth-order valence-corrected chi connectivity index (χ4v) is 2.66. The summed E-state index contributed by atoms with van der Waals surface area (Å²) in [7, 11) is 0. The van der Waals surface area contributed by atoms with E-state index in [0.717, 1.165) is 24.1 Å². The smallest absolute Gasteiger partial charge is 0.255 e. The lowest BCUT2D eigenvalue weighted by Gasteiger charge is -2.12. The van der Waals surface area contributed by atoms with Crippen LogP contribution in [0.1, 0.15) is 28.8 Å². The Bertz CT molecular complexity index is 978. The zero-order chi connectivity index (χ0) is 18.8. The molecule has 2 amide bonds. The number of aromatic nitrogens is 4. The lowest BCUT2D eigenvalue weighted by molar-refractivity contribution is -0.117. The maximum absolute atomic E-state index is 12.6. The average molecular weight is 362 g/mol. The largest absolute Gasteiger partial charge is 0.326 e. The number of carbonyl (C=O) groups excluding carboxylic acids is 2. The standard InChI is InChI=1S/C19H18N6O2/c1-12-2-7-15(21-18(26)13-3-4-13)10-17(12)22-19(27)14-5-8-16(9-6-14)25-11-20-23-24-25/h2,5-11,13H,3-4H2,1H3,(H,21,26)(H,22,27). The molecule has 8 heteroatoms. The number of nitrogens with one attached hydrogen (secondary N) is 2. The Labute approximate surface area is 155 Å². The van der Waals surface area contributed by atoms with Gasteiger partial charge in [-0.3, -0.25) is 9.59 Å². The maximum Gasteiger partial charge on any atom is 0.255 e. The van der Waals surface area contributed by atoms with Crippen LogP contribution in [-0.4, -0.2) is 32.0 Å². The van der Waals surface area contributed by atoms with Crippen molar-refractivity contribution >= 4 is 23.2 Å². The molecule has 1 fully saturated rings. The lowest BCUT2D eigenvalue weighted by atomic mass is 10.1. The average Bonchev–Trinajstić information content (AvgIpc) is 3.39. The van der Waals surface area contributed by atoms with Crippen LogP contribution in [0.3, 0.4) is 0 Å². The summed E-state index contributed by atoms with van der Waals surface area (Å²) >= 11 is 0. The molecule has 4 rings (SSSR count). The summed E-state index contributed by atoms with van der Waals surface area (Å²) in [5.41, 5.74) is 3.54. The van der Waals surface area contributed by atoms with Crippen LogP contribution in [0.4, 0.5) is 11.4 Å². The third kappa shape index (κ3) is 3.84. The SMILES string of the molecule is Cc1ccc(NC(=O)C2CC2)cc1NC(=O)c1ccc(-n2cnnn2)cc1. The van der Waals surface area contributed by atoms with Crippen LogP contribution >= 0.6 is 0 Å². The molecular weight excluding hydrogens is 344 g/mol. The molecule has 1 aliphatic rings. The Balaban J connectivity index is 1.47. The highest BCUT2D eigenvalue weighted by Gasteiger charge is 2.29. The van der Waals surface area contributed by atoms with Crippen molar-refractivity contribution in [2.75, 3.05) is 10.6 Å². The number of carbonyl (C=O) groups is 2. The van der Waals surface area contributed by atoms with Crippen LogP contribution in [0.5, 0.6) is 0 Å². The summed E-state index contributed by atoms with van der Waals surface area (Å²) in [6, 6.07) is 12.4. The normalized spacial score (nSPS) is 13.2. The van der Waals surface area contributed by atoms with Gasteiger partial charge >= 0.3 is 0 Å². The van der Waals surface area contributed by atoms with Gasteiger partial charge in [-0.05, 0) is 72.2 Å². The highest BCUT2D eigenvalue weighted by molar-refractivity contribution is 6.05. The van der Waals surface area contributed by atoms with Gasteiger partial charge in [0.25, 0.3) is 5.91 Å². The van der Waals surface area contributed by atoms with Gasteiger partial charge in [-0.15, -0.1) is 5.10 Å². The molecule has 1 aliphatic carbocycles. The summed E-state index contributed by atoms with van der Waals surface area (Å²) in [6.07, 6.45) is 3.38. The molecule has 0 spiro atoms. The number of hydrogen-bond acceptors (Lipinski definition) is 5. The first-order valence-electron chi connectivity index (χ1n) is 8.66. The molecule has 2 aromatic carbocycles. The van der Waals surface area contributed by atoms with Gasteiger partial charge in [0, 0.05) is 22.9 Å². The van der Waals surface area contributed by atoms with Gasteiger partial charge in [0.05, 0.1) is 5.69 Å². The minimum Gasteiger partial charge on any atom is -0.326 e. The van der Waals surface area contributed by atoms with Gasteiger partial charge in [-0.25, -0.2) is 4.68 Å². The van der Waals surface area contributed by atoms with Crippen LogP contribution in [0.15, 0.2) is 48.8 Å². The van der Waals surface area contributed by atoms with Gasteiger partial charge in [0.15, 0.2) is 0 Å². The number of tetrazole rings is 1. The summed E-state index contributed by atoms with van der Waals surface area (Å²) in [6.45, 7) is 1.91. The Kier molecular flexibility index (Phi) is 4.37. The first kappa shape index (κ1) is 16.9. The molecule has 0 unspecified atom stereocenters. The van der Waals surface area contributed by atoms with Crippen molar-refractivity contribution in [3.63, 3.8) is 0 Å². The quantitative estimate of drug-likeness (QED) is 0.726. The van der Waals surface area contributed by atoms with Crippen LogP contribution in [0.2, 0.25) is 0 Å². The van der Waals surface area contributed by atoms with Crippen molar-refractivity contribution in [3.05, 3.63) is 59.9 Å². The molecule has 0 atom stereocenters. The predicted molar refractivity (Wildman–Crippen MR) is 99.6 cm³/mol. The molecule has 2 N–H and O–H groups in total. The molecule has 3 aromatic rings. The summed E-state index contributed by atoms with van der Waals surface area (Å²) in [5.74, 6) is -0.0654. The molecule has 0 bridgehead atoms. The summed E-state index contributed by atoms with van der Waals surface area (Å²) in [5, 5.41) is 16.8. The summed E-state index contributed by atoms with van der Waals surface area (Å²) in [4.78, 5) is 24.5. The van der Waals surface area contributed by atoms with Crippen molar-refractivity contribution in [1.82, 2.24) is 20.2 Å².